The van der Waals surface area contributed by atoms with Crippen LogP contribution in [0.15, 0.2) is 24.4 Å². The molecule has 7 nitrogen and oxygen atoms in total. The van der Waals surface area contributed by atoms with Crippen LogP contribution in [0.4, 0.5) is 10.7 Å². The first kappa shape index (κ1) is 18.8. The highest BCUT2D eigenvalue weighted by atomic mass is 16.5. The second-order valence-electron chi connectivity index (χ2n) is 7.61. The number of methoxy groups -OCH3 is 1. The minimum atomic E-state index is -0.120. The van der Waals surface area contributed by atoms with E-state index in [-0.39, 0.29) is 6.03 Å². The van der Waals surface area contributed by atoms with E-state index in [4.69, 9.17) is 4.74 Å². The molecule has 2 heterocycles. The maximum absolute atomic E-state index is 12.4. The predicted molar refractivity (Wildman–Crippen MR) is 110 cm³/mol. The van der Waals surface area contributed by atoms with Crippen LogP contribution in [0, 0.1) is 0 Å². The Morgan fingerprint density at radius 2 is 2.00 bits per heavy atom. The van der Waals surface area contributed by atoms with Gasteiger partial charge in [-0.25, -0.2) is 9.78 Å². The SMILES string of the molecule is COc1ccc(C2CCCCC2)cc1-c1cnc(NC(=O)N2CCNCC2)[nH]1. The molecule has 1 aliphatic carbocycles. The molecule has 0 bridgehead atoms. The van der Waals surface area contributed by atoms with Crippen molar-refractivity contribution in [2.75, 3.05) is 38.6 Å². The molecule has 0 atom stereocenters. The molecule has 0 unspecified atom stereocenters. The second kappa shape index (κ2) is 8.65. The molecule has 7 heteroatoms. The number of benzene rings is 1. The van der Waals surface area contributed by atoms with E-state index in [1.807, 2.05) is 6.07 Å². The van der Waals surface area contributed by atoms with Crippen molar-refractivity contribution >= 4 is 12.0 Å². The minimum absolute atomic E-state index is 0.120. The van der Waals surface area contributed by atoms with Crippen molar-refractivity contribution in [3.05, 3.63) is 30.0 Å². The van der Waals surface area contributed by atoms with Gasteiger partial charge < -0.3 is 19.9 Å². The summed E-state index contributed by atoms with van der Waals surface area (Å²) in [7, 11) is 1.68. The third kappa shape index (κ3) is 4.14. The molecule has 1 saturated heterocycles. The molecular formula is C21H29N5O2. The Kier molecular flexibility index (Phi) is 5.81. The van der Waals surface area contributed by atoms with Crippen molar-refractivity contribution in [3.63, 3.8) is 0 Å². The lowest BCUT2D eigenvalue weighted by atomic mass is 9.83. The lowest BCUT2D eigenvalue weighted by Gasteiger charge is -2.26. The van der Waals surface area contributed by atoms with E-state index < -0.39 is 0 Å². The number of rotatable bonds is 4. The third-order valence-corrected chi connectivity index (χ3v) is 5.80. The zero-order valence-corrected chi connectivity index (χ0v) is 16.5. The average Bonchev–Trinajstić information content (AvgIpc) is 3.23. The molecule has 4 rings (SSSR count). The third-order valence-electron chi connectivity index (χ3n) is 5.80. The molecule has 1 saturated carbocycles. The number of nitrogens with one attached hydrogen (secondary N) is 3. The van der Waals surface area contributed by atoms with Gasteiger partial charge in [-0.3, -0.25) is 5.32 Å². The van der Waals surface area contributed by atoms with Crippen LogP contribution in [0.25, 0.3) is 11.3 Å². The number of amides is 2. The number of aromatic amines is 1. The number of nitrogens with zero attached hydrogens (tertiary/aromatic N) is 2. The smallest absolute Gasteiger partial charge is 0.324 e. The maximum atomic E-state index is 12.4. The largest absolute Gasteiger partial charge is 0.496 e. The normalized spacial score (nSPS) is 18.1. The number of piperazine rings is 1. The number of carbonyl (C=O) groups is 1. The van der Waals surface area contributed by atoms with Gasteiger partial charge in [0.05, 0.1) is 19.0 Å². The molecule has 2 aliphatic rings. The van der Waals surface area contributed by atoms with Crippen molar-refractivity contribution in [3.8, 4) is 17.0 Å². The van der Waals surface area contributed by atoms with E-state index >= 15 is 0 Å². The summed E-state index contributed by atoms with van der Waals surface area (Å²) in [5, 5.41) is 6.11. The number of H-pyrrole nitrogens is 1. The summed E-state index contributed by atoms with van der Waals surface area (Å²) >= 11 is 0. The van der Waals surface area contributed by atoms with Crippen LogP contribution in [-0.4, -0.2) is 54.2 Å². The predicted octanol–water partition coefficient (Wildman–Crippen LogP) is 3.57. The number of hydrogen-bond acceptors (Lipinski definition) is 4. The van der Waals surface area contributed by atoms with Crippen LogP contribution in [0.5, 0.6) is 5.75 Å². The van der Waals surface area contributed by atoms with E-state index in [0.29, 0.717) is 25.0 Å². The summed E-state index contributed by atoms with van der Waals surface area (Å²) in [6.45, 7) is 3.05. The van der Waals surface area contributed by atoms with Gasteiger partial charge in [0.1, 0.15) is 5.75 Å². The van der Waals surface area contributed by atoms with Gasteiger partial charge in [-0.05, 0) is 36.5 Å². The molecule has 1 aliphatic heterocycles. The van der Waals surface area contributed by atoms with Gasteiger partial charge in [-0.1, -0.05) is 25.3 Å². The molecule has 1 aromatic heterocycles. The Morgan fingerprint density at radius 1 is 1.21 bits per heavy atom. The average molecular weight is 383 g/mol. The fraction of sp³-hybridized carbons (Fsp3) is 0.524. The fourth-order valence-corrected chi connectivity index (χ4v) is 4.20. The van der Waals surface area contributed by atoms with E-state index in [1.54, 1.807) is 18.2 Å². The number of carbonyl (C=O) groups excluding carboxylic acids is 1. The van der Waals surface area contributed by atoms with E-state index in [0.717, 1.165) is 30.1 Å². The van der Waals surface area contributed by atoms with Crippen LogP contribution < -0.4 is 15.4 Å². The summed E-state index contributed by atoms with van der Waals surface area (Å²) in [6.07, 6.45) is 8.21. The van der Waals surface area contributed by atoms with E-state index in [2.05, 4.69) is 32.7 Å². The highest BCUT2D eigenvalue weighted by Crippen LogP contribution is 2.37. The molecule has 150 valence electrons. The van der Waals surface area contributed by atoms with Crippen molar-refractivity contribution in [1.29, 1.82) is 0 Å². The highest BCUT2D eigenvalue weighted by molar-refractivity contribution is 5.88. The molecule has 3 N–H and O–H groups in total. The van der Waals surface area contributed by atoms with Crippen LogP contribution in [0.2, 0.25) is 0 Å². The number of hydrogen-bond donors (Lipinski definition) is 3. The first-order chi connectivity index (χ1) is 13.7. The van der Waals surface area contributed by atoms with Gasteiger partial charge in [0.2, 0.25) is 5.95 Å². The van der Waals surface area contributed by atoms with Gasteiger partial charge in [-0.15, -0.1) is 0 Å². The maximum Gasteiger partial charge on any atom is 0.324 e. The number of aromatic nitrogens is 2. The number of urea groups is 1. The molecular weight excluding hydrogens is 354 g/mol. The number of imidazole rings is 1. The number of ether oxygens (including phenoxy) is 1. The highest BCUT2D eigenvalue weighted by Gasteiger charge is 2.20. The van der Waals surface area contributed by atoms with Gasteiger partial charge >= 0.3 is 6.03 Å². The molecule has 28 heavy (non-hydrogen) atoms. The molecule has 0 spiro atoms. The minimum Gasteiger partial charge on any atom is -0.496 e. The lowest BCUT2D eigenvalue weighted by Crippen LogP contribution is -2.48. The molecule has 0 radical (unpaired) electrons. The fourth-order valence-electron chi connectivity index (χ4n) is 4.20. The van der Waals surface area contributed by atoms with Crippen molar-refractivity contribution in [2.45, 2.75) is 38.0 Å². The lowest BCUT2D eigenvalue weighted by molar-refractivity contribution is 0.203. The van der Waals surface area contributed by atoms with Crippen LogP contribution in [0.3, 0.4) is 0 Å². The Hall–Kier alpha value is -2.54. The standard InChI is InChI=1S/C21H29N5O2/c1-28-19-8-7-16(15-5-3-2-4-6-15)13-17(19)18-14-23-20(24-18)25-21(27)26-11-9-22-10-12-26/h7-8,13-15,22H,2-6,9-12H2,1H3,(H2,23,24,25,27). The zero-order valence-electron chi connectivity index (χ0n) is 16.5. The number of anilines is 1. The summed E-state index contributed by atoms with van der Waals surface area (Å²) in [5.41, 5.74) is 3.20. The quantitative estimate of drug-likeness (QED) is 0.754. The van der Waals surface area contributed by atoms with Crippen molar-refractivity contribution < 1.29 is 9.53 Å². The Labute approximate surface area is 165 Å². The monoisotopic (exact) mass is 383 g/mol. The Bertz CT molecular complexity index is 807. The topological polar surface area (TPSA) is 82.3 Å². The molecule has 2 fully saturated rings. The van der Waals surface area contributed by atoms with Crippen molar-refractivity contribution in [2.24, 2.45) is 0 Å². The van der Waals surface area contributed by atoms with Gasteiger partial charge in [0, 0.05) is 31.7 Å². The Balaban J connectivity index is 1.52. The summed E-state index contributed by atoms with van der Waals surface area (Å²) < 4.78 is 5.58. The Morgan fingerprint density at radius 3 is 2.75 bits per heavy atom. The summed E-state index contributed by atoms with van der Waals surface area (Å²) in [4.78, 5) is 21.8. The molecule has 2 aromatic rings. The van der Waals surface area contributed by atoms with Gasteiger partial charge in [0.25, 0.3) is 0 Å². The molecule has 2 amide bonds. The first-order valence-electron chi connectivity index (χ1n) is 10.2. The van der Waals surface area contributed by atoms with Gasteiger partial charge in [0.15, 0.2) is 0 Å². The zero-order chi connectivity index (χ0) is 19.3. The second-order valence-corrected chi connectivity index (χ2v) is 7.61. The van der Waals surface area contributed by atoms with Crippen molar-refractivity contribution in [1.82, 2.24) is 20.2 Å². The van der Waals surface area contributed by atoms with Crippen LogP contribution >= 0.6 is 0 Å². The van der Waals surface area contributed by atoms with Crippen LogP contribution in [-0.2, 0) is 0 Å². The molecule has 1 aromatic carbocycles. The van der Waals surface area contributed by atoms with E-state index in [1.165, 1.54) is 37.7 Å². The van der Waals surface area contributed by atoms with Crippen LogP contribution in [0.1, 0.15) is 43.6 Å². The summed E-state index contributed by atoms with van der Waals surface area (Å²) in [6, 6.07) is 6.32. The van der Waals surface area contributed by atoms with Gasteiger partial charge in [-0.2, -0.15) is 0 Å². The first-order valence-corrected chi connectivity index (χ1v) is 10.2. The summed E-state index contributed by atoms with van der Waals surface area (Å²) in [5.74, 6) is 1.89. The van der Waals surface area contributed by atoms with E-state index in [9.17, 15) is 4.79 Å².